The molecule has 9 aromatic rings. The van der Waals surface area contributed by atoms with Crippen LogP contribution in [-0.2, 0) is 0 Å². The van der Waals surface area contributed by atoms with Crippen molar-refractivity contribution in [1.82, 2.24) is 0 Å². The number of ether oxygens (including phenoxy) is 3. The maximum absolute atomic E-state index is 6.58. The Kier molecular flexibility index (Phi) is 10.5. The molecule has 0 aliphatic carbocycles. The van der Waals surface area contributed by atoms with Gasteiger partial charge in [0, 0.05) is 50.4 Å². The summed E-state index contributed by atoms with van der Waals surface area (Å²) in [6.45, 7) is 12.8. The van der Waals surface area contributed by atoms with Crippen molar-refractivity contribution in [2.75, 3.05) is 4.90 Å². The van der Waals surface area contributed by atoms with E-state index >= 15 is 0 Å². The van der Waals surface area contributed by atoms with E-state index in [9.17, 15) is 0 Å². The van der Waals surface area contributed by atoms with Crippen LogP contribution in [0.1, 0.15) is 83.5 Å². The second-order valence-corrected chi connectivity index (χ2v) is 19.1. The zero-order valence-corrected chi connectivity index (χ0v) is 40.2. The van der Waals surface area contributed by atoms with Crippen LogP contribution in [0.5, 0.6) is 34.5 Å². The second-order valence-electron chi connectivity index (χ2n) is 19.1. The van der Waals surface area contributed by atoms with Crippen LogP contribution in [0.4, 0.5) is 17.1 Å². The van der Waals surface area contributed by atoms with Crippen molar-refractivity contribution in [2.24, 2.45) is 0 Å². The third-order valence-corrected chi connectivity index (χ3v) is 13.6. The molecule has 4 nitrogen and oxygen atoms in total. The SMILES string of the molecule is Cc1ccc2c(c1)C=C(c1ccc(N(c3ccc(C4=Cc5cc(C)ccc5Oc5ccc(C)cc54)cc3)c3ccc(C4=Cc5cc(C)ccc5Oc5ccc(C)cc54)cc3)cc1)c1cc(C)ccc1O2. The summed E-state index contributed by atoms with van der Waals surface area (Å²) in [6.07, 6.45) is 6.82. The van der Waals surface area contributed by atoms with Crippen LogP contribution in [0.2, 0.25) is 0 Å². The predicted molar refractivity (Wildman–Crippen MR) is 289 cm³/mol. The third-order valence-electron chi connectivity index (χ3n) is 13.6. The zero-order valence-electron chi connectivity index (χ0n) is 40.2. The number of aryl methyl sites for hydroxylation is 6. The van der Waals surface area contributed by atoms with Crippen molar-refractivity contribution in [2.45, 2.75) is 41.5 Å². The van der Waals surface area contributed by atoms with Gasteiger partial charge >= 0.3 is 0 Å². The van der Waals surface area contributed by atoms with Crippen LogP contribution in [0.15, 0.2) is 182 Å². The summed E-state index contributed by atoms with van der Waals surface area (Å²) in [5, 5.41) is 0. The molecule has 70 heavy (non-hydrogen) atoms. The second kappa shape index (κ2) is 17.2. The van der Waals surface area contributed by atoms with Crippen LogP contribution in [0.3, 0.4) is 0 Å². The topological polar surface area (TPSA) is 30.9 Å². The van der Waals surface area contributed by atoms with E-state index in [-0.39, 0.29) is 0 Å². The lowest BCUT2D eigenvalue weighted by atomic mass is 9.93. The summed E-state index contributed by atoms with van der Waals surface area (Å²) in [5.74, 6) is 5.12. The van der Waals surface area contributed by atoms with E-state index in [4.69, 9.17) is 14.2 Å². The van der Waals surface area contributed by atoms with Crippen molar-refractivity contribution >= 4 is 52.0 Å². The number of fused-ring (bicyclic) bond motifs is 6. The number of benzene rings is 9. The molecule has 9 aromatic carbocycles. The highest BCUT2D eigenvalue weighted by Gasteiger charge is 2.24. The molecule has 0 fully saturated rings. The minimum Gasteiger partial charge on any atom is -0.456 e. The molecule has 0 radical (unpaired) electrons. The van der Waals surface area contributed by atoms with Gasteiger partial charge in [0.25, 0.3) is 0 Å². The van der Waals surface area contributed by atoms with Gasteiger partial charge in [-0.25, -0.2) is 0 Å². The van der Waals surface area contributed by atoms with Gasteiger partial charge in [0.15, 0.2) is 0 Å². The Morgan fingerprint density at radius 3 is 0.771 bits per heavy atom. The standard InChI is InChI=1S/C66H51NO3/c1-40-7-25-61-49(31-40)37-55(58-34-43(4)10-28-64(58)68-61)46-13-19-52(20-14-46)67(53-21-15-47(16-22-53)56-38-50-32-41(2)8-26-62(50)69-65-29-11-44(5)35-59(56)65)54-23-17-48(18-24-54)57-39-51-33-42(3)9-27-63(51)70-66-30-12-45(6)36-60(57)66/h7-39H,1-6H3. The Morgan fingerprint density at radius 1 is 0.257 bits per heavy atom. The molecule has 0 atom stereocenters. The van der Waals surface area contributed by atoms with Crippen molar-refractivity contribution in [3.63, 3.8) is 0 Å². The number of hydrogen-bond donors (Lipinski definition) is 0. The molecule has 4 heteroatoms. The van der Waals surface area contributed by atoms with Crippen molar-refractivity contribution in [3.8, 4) is 34.5 Å². The van der Waals surface area contributed by atoms with E-state index in [0.717, 1.165) is 118 Å². The molecule has 0 aromatic heterocycles. The molecule has 3 aliphatic heterocycles. The van der Waals surface area contributed by atoms with Gasteiger partial charge in [-0.2, -0.15) is 0 Å². The molecule has 3 heterocycles. The first-order valence-electron chi connectivity index (χ1n) is 24.0. The predicted octanol–water partition coefficient (Wildman–Crippen LogP) is 18.1. The normalized spacial score (nSPS) is 13.0. The molecular weight excluding hydrogens is 855 g/mol. The van der Waals surface area contributed by atoms with Crippen molar-refractivity contribution in [3.05, 3.63) is 265 Å². The molecule has 0 N–H and O–H groups in total. The molecular formula is C66H51NO3. The Labute approximate surface area is 410 Å². The zero-order chi connectivity index (χ0) is 47.6. The smallest absolute Gasteiger partial charge is 0.135 e. The monoisotopic (exact) mass is 905 g/mol. The average molecular weight is 906 g/mol. The Balaban J connectivity index is 0.979. The van der Waals surface area contributed by atoms with Crippen LogP contribution in [0, 0.1) is 41.5 Å². The van der Waals surface area contributed by atoms with Crippen LogP contribution >= 0.6 is 0 Å². The van der Waals surface area contributed by atoms with E-state index in [1.165, 1.54) is 33.4 Å². The number of hydrogen-bond acceptors (Lipinski definition) is 4. The largest absolute Gasteiger partial charge is 0.456 e. The van der Waals surface area contributed by atoms with Gasteiger partial charge < -0.3 is 19.1 Å². The Bertz CT molecular complexity index is 3280. The Morgan fingerprint density at radius 2 is 0.500 bits per heavy atom. The Hall–Kier alpha value is -8.60. The van der Waals surface area contributed by atoms with Gasteiger partial charge in [-0.1, -0.05) is 106 Å². The van der Waals surface area contributed by atoms with Crippen molar-refractivity contribution < 1.29 is 14.2 Å². The number of nitrogens with zero attached hydrogens (tertiary/aromatic N) is 1. The summed E-state index contributed by atoms with van der Waals surface area (Å²) in [5.41, 5.74) is 23.3. The summed E-state index contributed by atoms with van der Waals surface area (Å²) in [4.78, 5) is 2.35. The fourth-order valence-corrected chi connectivity index (χ4v) is 10.0. The lowest BCUT2D eigenvalue weighted by Crippen LogP contribution is -2.10. The lowest BCUT2D eigenvalue weighted by molar-refractivity contribution is 0.481. The summed E-state index contributed by atoms with van der Waals surface area (Å²) >= 11 is 0. The first-order chi connectivity index (χ1) is 34.1. The molecule has 0 saturated carbocycles. The number of anilines is 3. The van der Waals surface area contributed by atoms with Crippen LogP contribution < -0.4 is 19.1 Å². The first kappa shape index (κ1) is 42.7. The molecule has 0 amide bonds. The highest BCUT2D eigenvalue weighted by atomic mass is 16.5. The van der Waals surface area contributed by atoms with E-state index in [1.54, 1.807) is 0 Å². The van der Waals surface area contributed by atoms with E-state index in [2.05, 4.69) is 247 Å². The van der Waals surface area contributed by atoms with Gasteiger partial charge in [0.2, 0.25) is 0 Å². The first-order valence-corrected chi connectivity index (χ1v) is 24.0. The highest BCUT2D eigenvalue weighted by Crippen LogP contribution is 2.47. The van der Waals surface area contributed by atoms with Gasteiger partial charge in [-0.05, 0) is 202 Å². The molecule has 0 bridgehead atoms. The molecule has 0 unspecified atom stereocenters. The molecule has 12 rings (SSSR count). The maximum atomic E-state index is 6.58. The lowest BCUT2D eigenvalue weighted by Gasteiger charge is -2.26. The van der Waals surface area contributed by atoms with Crippen LogP contribution in [-0.4, -0.2) is 0 Å². The highest BCUT2D eigenvalue weighted by molar-refractivity contribution is 5.99. The quantitative estimate of drug-likeness (QED) is 0.166. The fourth-order valence-electron chi connectivity index (χ4n) is 10.0. The average Bonchev–Trinajstić information content (AvgIpc) is 3.70. The van der Waals surface area contributed by atoms with Gasteiger partial charge in [-0.3, -0.25) is 0 Å². The molecule has 338 valence electrons. The minimum absolute atomic E-state index is 0.851. The summed E-state index contributed by atoms with van der Waals surface area (Å²) in [6, 6.07) is 65.4. The minimum atomic E-state index is 0.851. The summed E-state index contributed by atoms with van der Waals surface area (Å²) in [7, 11) is 0. The van der Waals surface area contributed by atoms with Gasteiger partial charge in [-0.15, -0.1) is 0 Å². The van der Waals surface area contributed by atoms with E-state index < -0.39 is 0 Å². The maximum Gasteiger partial charge on any atom is 0.135 e. The molecule has 0 spiro atoms. The van der Waals surface area contributed by atoms with Crippen LogP contribution in [0.25, 0.3) is 34.9 Å². The van der Waals surface area contributed by atoms with E-state index in [0.29, 0.717) is 0 Å². The molecule has 0 saturated heterocycles. The fraction of sp³-hybridized carbons (Fsp3) is 0.0909. The number of rotatable bonds is 6. The van der Waals surface area contributed by atoms with Gasteiger partial charge in [0.1, 0.15) is 34.5 Å². The molecule has 3 aliphatic rings. The summed E-state index contributed by atoms with van der Waals surface area (Å²) < 4.78 is 19.7. The van der Waals surface area contributed by atoms with Crippen molar-refractivity contribution in [1.29, 1.82) is 0 Å². The van der Waals surface area contributed by atoms with Gasteiger partial charge in [0.05, 0.1) is 0 Å². The third kappa shape index (κ3) is 7.97. The van der Waals surface area contributed by atoms with E-state index in [1.807, 2.05) is 0 Å².